The van der Waals surface area contributed by atoms with Gasteiger partial charge in [0.25, 0.3) is 0 Å². The van der Waals surface area contributed by atoms with Crippen molar-refractivity contribution in [1.82, 2.24) is 5.32 Å². The minimum atomic E-state index is 0.0804. The number of benzene rings is 1. The zero-order chi connectivity index (χ0) is 12.4. The zero-order valence-corrected chi connectivity index (χ0v) is 10.4. The van der Waals surface area contributed by atoms with Gasteiger partial charge in [0.2, 0.25) is 5.91 Å². The highest BCUT2D eigenvalue weighted by atomic mass is 16.2. The number of nitrogens with one attached hydrogen (secondary N) is 1. The van der Waals surface area contributed by atoms with E-state index in [0.29, 0.717) is 12.6 Å². The molecule has 1 aliphatic carbocycles. The standard InChI is InChI=1S/C13H19N3O/c1-9-11(14)4-3-5-12(9)16(2)8-13(17)15-10-6-7-10/h3-5,10H,6-8,14H2,1-2H3,(H,15,17). The Kier molecular flexibility index (Phi) is 3.22. The van der Waals surface area contributed by atoms with Gasteiger partial charge < -0.3 is 16.0 Å². The van der Waals surface area contributed by atoms with E-state index in [-0.39, 0.29) is 5.91 Å². The molecule has 1 fully saturated rings. The van der Waals surface area contributed by atoms with Crippen LogP contribution in [0.2, 0.25) is 0 Å². The van der Waals surface area contributed by atoms with Crippen LogP contribution in [0.1, 0.15) is 18.4 Å². The summed E-state index contributed by atoms with van der Waals surface area (Å²) in [7, 11) is 1.91. The number of nitrogen functional groups attached to an aromatic ring is 1. The van der Waals surface area contributed by atoms with Crippen molar-refractivity contribution in [2.24, 2.45) is 0 Å². The minimum absolute atomic E-state index is 0.0804. The number of hydrogen-bond acceptors (Lipinski definition) is 3. The molecule has 0 bridgehead atoms. The summed E-state index contributed by atoms with van der Waals surface area (Å²) < 4.78 is 0. The second-order valence-corrected chi connectivity index (χ2v) is 4.69. The van der Waals surface area contributed by atoms with Gasteiger partial charge in [-0.3, -0.25) is 4.79 Å². The van der Waals surface area contributed by atoms with E-state index in [1.165, 1.54) is 0 Å². The lowest BCUT2D eigenvalue weighted by Crippen LogP contribution is -2.36. The highest BCUT2D eigenvalue weighted by Crippen LogP contribution is 2.23. The van der Waals surface area contributed by atoms with Crippen LogP contribution in [-0.2, 0) is 4.79 Å². The molecule has 0 aliphatic heterocycles. The Morgan fingerprint density at radius 3 is 2.88 bits per heavy atom. The maximum atomic E-state index is 11.7. The topological polar surface area (TPSA) is 58.4 Å². The summed E-state index contributed by atoms with van der Waals surface area (Å²) in [4.78, 5) is 13.6. The minimum Gasteiger partial charge on any atom is -0.398 e. The molecule has 4 nitrogen and oxygen atoms in total. The summed E-state index contributed by atoms with van der Waals surface area (Å²) in [6.07, 6.45) is 2.24. The molecule has 0 saturated heterocycles. The molecule has 1 aromatic carbocycles. The molecule has 0 spiro atoms. The van der Waals surface area contributed by atoms with Crippen LogP contribution in [-0.4, -0.2) is 25.5 Å². The molecule has 1 aromatic rings. The fraction of sp³-hybridized carbons (Fsp3) is 0.462. The van der Waals surface area contributed by atoms with Crippen LogP contribution in [0.25, 0.3) is 0 Å². The fourth-order valence-electron chi connectivity index (χ4n) is 1.86. The summed E-state index contributed by atoms with van der Waals surface area (Å²) in [5.74, 6) is 0.0804. The molecule has 0 heterocycles. The molecule has 1 saturated carbocycles. The number of hydrogen-bond donors (Lipinski definition) is 2. The monoisotopic (exact) mass is 233 g/mol. The average molecular weight is 233 g/mol. The average Bonchev–Trinajstić information content (AvgIpc) is 3.05. The quantitative estimate of drug-likeness (QED) is 0.770. The van der Waals surface area contributed by atoms with E-state index in [2.05, 4.69) is 5.32 Å². The third-order valence-corrected chi connectivity index (χ3v) is 3.08. The summed E-state index contributed by atoms with van der Waals surface area (Å²) in [5.41, 5.74) is 8.65. The summed E-state index contributed by atoms with van der Waals surface area (Å²) in [6.45, 7) is 2.35. The first-order valence-corrected chi connectivity index (χ1v) is 5.93. The second-order valence-electron chi connectivity index (χ2n) is 4.69. The van der Waals surface area contributed by atoms with Crippen LogP contribution in [0.4, 0.5) is 11.4 Å². The van der Waals surface area contributed by atoms with Crippen molar-refractivity contribution < 1.29 is 4.79 Å². The van der Waals surface area contributed by atoms with Crippen LogP contribution in [0.15, 0.2) is 18.2 Å². The molecule has 0 radical (unpaired) electrons. The Hall–Kier alpha value is -1.71. The Morgan fingerprint density at radius 1 is 1.53 bits per heavy atom. The molecule has 0 unspecified atom stereocenters. The van der Waals surface area contributed by atoms with Crippen molar-refractivity contribution in [3.63, 3.8) is 0 Å². The van der Waals surface area contributed by atoms with Gasteiger partial charge in [-0.2, -0.15) is 0 Å². The van der Waals surface area contributed by atoms with Gasteiger partial charge >= 0.3 is 0 Å². The number of nitrogens with two attached hydrogens (primary N) is 1. The lowest BCUT2D eigenvalue weighted by Gasteiger charge is -2.21. The predicted molar refractivity (Wildman–Crippen MR) is 70.0 cm³/mol. The van der Waals surface area contributed by atoms with Crippen molar-refractivity contribution in [2.75, 3.05) is 24.2 Å². The first-order valence-electron chi connectivity index (χ1n) is 5.93. The molecule has 0 atom stereocenters. The third kappa shape index (κ3) is 2.90. The van der Waals surface area contributed by atoms with E-state index in [9.17, 15) is 4.79 Å². The van der Waals surface area contributed by atoms with E-state index in [1.54, 1.807) is 0 Å². The van der Waals surface area contributed by atoms with Crippen molar-refractivity contribution in [2.45, 2.75) is 25.8 Å². The molecule has 2 rings (SSSR count). The lowest BCUT2D eigenvalue weighted by atomic mass is 10.1. The SMILES string of the molecule is Cc1c(N)cccc1N(C)CC(=O)NC1CC1. The normalized spacial score (nSPS) is 14.5. The van der Waals surface area contributed by atoms with Crippen molar-refractivity contribution in [1.29, 1.82) is 0 Å². The van der Waals surface area contributed by atoms with E-state index in [0.717, 1.165) is 29.8 Å². The summed E-state index contributed by atoms with van der Waals surface area (Å²) in [6, 6.07) is 6.18. The van der Waals surface area contributed by atoms with Gasteiger partial charge in [0.15, 0.2) is 0 Å². The molecule has 17 heavy (non-hydrogen) atoms. The van der Waals surface area contributed by atoms with E-state index in [1.807, 2.05) is 37.1 Å². The largest absolute Gasteiger partial charge is 0.398 e. The first kappa shape index (κ1) is 11.8. The number of nitrogens with zero attached hydrogens (tertiary/aromatic N) is 1. The lowest BCUT2D eigenvalue weighted by molar-refractivity contribution is -0.119. The number of carbonyl (C=O) groups excluding carboxylic acids is 1. The van der Waals surface area contributed by atoms with Gasteiger partial charge in [-0.05, 0) is 37.5 Å². The van der Waals surface area contributed by atoms with Crippen molar-refractivity contribution in [3.8, 4) is 0 Å². The van der Waals surface area contributed by atoms with Gasteiger partial charge in [-0.15, -0.1) is 0 Å². The molecular formula is C13H19N3O. The van der Waals surface area contributed by atoms with Crippen molar-refractivity contribution in [3.05, 3.63) is 23.8 Å². The second kappa shape index (κ2) is 4.65. The van der Waals surface area contributed by atoms with E-state index < -0.39 is 0 Å². The van der Waals surface area contributed by atoms with Gasteiger partial charge in [0, 0.05) is 24.5 Å². The molecule has 3 N–H and O–H groups in total. The Balaban J connectivity index is 2.00. The fourth-order valence-corrected chi connectivity index (χ4v) is 1.86. The van der Waals surface area contributed by atoms with Gasteiger partial charge in [0.1, 0.15) is 0 Å². The molecule has 4 heteroatoms. The van der Waals surface area contributed by atoms with Crippen LogP contribution in [0.3, 0.4) is 0 Å². The Labute approximate surface area is 102 Å². The third-order valence-electron chi connectivity index (χ3n) is 3.08. The van der Waals surface area contributed by atoms with Gasteiger partial charge in [-0.25, -0.2) is 0 Å². The molecule has 0 aromatic heterocycles. The predicted octanol–water partition coefficient (Wildman–Crippen LogP) is 1.29. The number of rotatable bonds is 4. The van der Waals surface area contributed by atoms with Crippen LogP contribution < -0.4 is 16.0 Å². The van der Waals surface area contributed by atoms with Crippen LogP contribution in [0.5, 0.6) is 0 Å². The van der Waals surface area contributed by atoms with E-state index in [4.69, 9.17) is 5.73 Å². The molecule has 1 amide bonds. The van der Waals surface area contributed by atoms with Crippen LogP contribution in [0, 0.1) is 6.92 Å². The Morgan fingerprint density at radius 2 is 2.24 bits per heavy atom. The highest BCUT2D eigenvalue weighted by molar-refractivity contribution is 5.82. The smallest absolute Gasteiger partial charge is 0.239 e. The summed E-state index contributed by atoms with van der Waals surface area (Å²) >= 11 is 0. The number of carbonyl (C=O) groups is 1. The number of likely N-dealkylation sites (N-methyl/N-ethyl adjacent to an activating group) is 1. The highest BCUT2D eigenvalue weighted by Gasteiger charge is 2.23. The Bertz CT molecular complexity index is 427. The van der Waals surface area contributed by atoms with Crippen molar-refractivity contribution >= 4 is 17.3 Å². The van der Waals surface area contributed by atoms with Crippen LogP contribution >= 0.6 is 0 Å². The number of anilines is 2. The zero-order valence-electron chi connectivity index (χ0n) is 10.4. The van der Waals surface area contributed by atoms with Gasteiger partial charge in [-0.1, -0.05) is 6.07 Å². The molecule has 92 valence electrons. The molecule has 1 aliphatic rings. The molecular weight excluding hydrogens is 214 g/mol. The maximum absolute atomic E-state index is 11.7. The van der Waals surface area contributed by atoms with Gasteiger partial charge in [0.05, 0.1) is 6.54 Å². The number of amides is 1. The summed E-state index contributed by atoms with van der Waals surface area (Å²) in [5, 5.41) is 2.98. The maximum Gasteiger partial charge on any atom is 0.239 e. The first-order chi connectivity index (χ1) is 8.08. The van der Waals surface area contributed by atoms with E-state index >= 15 is 0 Å².